The molecule has 0 atom stereocenters. The van der Waals surface area contributed by atoms with Gasteiger partial charge in [-0.05, 0) is 43.5 Å². The van der Waals surface area contributed by atoms with Crippen LogP contribution in [-0.2, 0) is 0 Å². The third kappa shape index (κ3) is 9.77. The molecule has 1 aromatic carbocycles. The third-order valence-electron chi connectivity index (χ3n) is 5.18. The Bertz CT molecular complexity index is 426. The number of benzene rings is 1. The number of hydrogen-bond donors (Lipinski definition) is 1. The molecule has 0 bridgehead atoms. The van der Waals surface area contributed by atoms with Crippen molar-refractivity contribution >= 4 is 11.4 Å². The summed E-state index contributed by atoms with van der Waals surface area (Å²) in [5, 5.41) is 0. The predicted octanol–water partition coefficient (Wildman–Crippen LogP) is 7.10. The maximum Gasteiger partial charge on any atom is 0.0370 e. The summed E-state index contributed by atoms with van der Waals surface area (Å²) in [7, 11) is 0. The van der Waals surface area contributed by atoms with Gasteiger partial charge in [-0.3, -0.25) is 0 Å². The Morgan fingerprint density at radius 3 is 1.68 bits per heavy atom. The number of nitrogen functional groups attached to an aromatic ring is 1. The van der Waals surface area contributed by atoms with Crippen molar-refractivity contribution in [2.75, 3.05) is 23.7 Å². The summed E-state index contributed by atoms with van der Waals surface area (Å²) < 4.78 is 0. The maximum atomic E-state index is 6.01. The third-order valence-corrected chi connectivity index (χ3v) is 5.18. The van der Waals surface area contributed by atoms with Gasteiger partial charge in [0.25, 0.3) is 0 Å². The normalized spacial score (nSPS) is 11.0. The molecule has 0 spiro atoms. The average Bonchev–Trinajstić information content (AvgIpc) is 2.61. The van der Waals surface area contributed by atoms with Crippen LogP contribution >= 0.6 is 0 Å². The molecule has 2 N–H and O–H groups in total. The van der Waals surface area contributed by atoms with Crippen LogP contribution < -0.4 is 10.6 Å². The molecule has 2 nitrogen and oxygen atoms in total. The zero-order valence-corrected chi connectivity index (χ0v) is 17.2. The van der Waals surface area contributed by atoms with Gasteiger partial charge in [0.1, 0.15) is 0 Å². The van der Waals surface area contributed by atoms with Crippen molar-refractivity contribution < 1.29 is 0 Å². The Hall–Kier alpha value is -1.18. The van der Waals surface area contributed by atoms with Gasteiger partial charge in [-0.25, -0.2) is 0 Å². The fourth-order valence-electron chi connectivity index (χ4n) is 3.39. The molecule has 0 aliphatic rings. The monoisotopic (exact) mass is 346 g/mol. The molecule has 1 aromatic rings. The number of anilines is 2. The fraction of sp³-hybridized carbons (Fsp3) is 0.739. The largest absolute Gasteiger partial charge is 0.399 e. The lowest BCUT2D eigenvalue weighted by molar-refractivity contribution is 0.575. The smallest absolute Gasteiger partial charge is 0.0370 e. The Morgan fingerprint density at radius 2 is 1.20 bits per heavy atom. The molecule has 0 saturated heterocycles. The first-order valence-corrected chi connectivity index (χ1v) is 10.8. The molecule has 1 rings (SSSR count). The summed E-state index contributed by atoms with van der Waals surface area (Å²) in [5.74, 6) is 0. The summed E-state index contributed by atoms with van der Waals surface area (Å²) in [4.78, 5) is 2.59. The minimum atomic E-state index is 0.905. The predicted molar refractivity (Wildman–Crippen MR) is 115 cm³/mol. The molecule has 144 valence electrons. The van der Waals surface area contributed by atoms with Crippen molar-refractivity contribution in [3.8, 4) is 0 Å². The van der Waals surface area contributed by atoms with Gasteiger partial charge in [-0.1, -0.05) is 78.1 Å². The molecule has 2 heteroatoms. The van der Waals surface area contributed by atoms with E-state index in [1.807, 2.05) is 0 Å². The van der Waals surface area contributed by atoms with Crippen LogP contribution in [0, 0.1) is 6.92 Å². The summed E-state index contributed by atoms with van der Waals surface area (Å²) >= 11 is 0. The molecule has 0 fully saturated rings. The second-order valence-electron chi connectivity index (χ2n) is 7.56. The van der Waals surface area contributed by atoms with Crippen LogP contribution in [0.2, 0.25) is 0 Å². The van der Waals surface area contributed by atoms with E-state index in [4.69, 9.17) is 5.73 Å². The molecule has 0 aliphatic heterocycles. The van der Waals surface area contributed by atoms with Crippen molar-refractivity contribution in [2.24, 2.45) is 0 Å². The molecule has 0 aliphatic carbocycles. The summed E-state index contributed by atoms with van der Waals surface area (Å²) in [6.07, 6.45) is 16.3. The number of rotatable bonds is 15. The molecule has 0 heterocycles. The average molecular weight is 347 g/mol. The number of aryl methyl sites for hydroxylation is 1. The van der Waals surface area contributed by atoms with E-state index in [0.717, 1.165) is 5.69 Å². The quantitative estimate of drug-likeness (QED) is 0.271. The van der Waals surface area contributed by atoms with Crippen LogP contribution in [0.3, 0.4) is 0 Å². The van der Waals surface area contributed by atoms with Gasteiger partial charge in [0.2, 0.25) is 0 Å². The summed E-state index contributed by atoms with van der Waals surface area (Å²) in [6, 6.07) is 6.54. The van der Waals surface area contributed by atoms with Gasteiger partial charge in [-0.15, -0.1) is 0 Å². The van der Waals surface area contributed by atoms with Gasteiger partial charge in [0, 0.05) is 24.5 Å². The van der Waals surface area contributed by atoms with E-state index in [9.17, 15) is 0 Å². The lowest BCUT2D eigenvalue weighted by Crippen LogP contribution is -2.25. The highest BCUT2D eigenvalue weighted by atomic mass is 15.1. The van der Waals surface area contributed by atoms with E-state index >= 15 is 0 Å². The zero-order valence-electron chi connectivity index (χ0n) is 17.2. The summed E-state index contributed by atoms with van der Waals surface area (Å²) in [5.41, 5.74) is 9.47. The van der Waals surface area contributed by atoms with Crippen molar-refractivity contribution in [3.63, 3.8) is 0 Å². The fourth-order valence-corrected chi connectivity index (χ4v) is 3.39. The first-order chi connectivity index (χ1) is 12.2. The number of nitrogens with zero attached hydrogens (tertiary/aromatic N) is 1. The molecule has 0 aromatic heterocycles. The van der Waals surface area contributed by atoms with E-state index in [1.165, 1.54) is 101 Å². The number of nitrogens with two attached hydrogens (primary N) is 1. The Morgan fingerprint density at radius 1 is 0.720 bits per heavy atom. The van der Waals surface area contributed by atoms with Gasteiger partial charge in [0.05, 0.1) is 0 Å². The molecule has 0 amide bonds. The van der Waals surface area contributed by atoms with Crippen LogP contribution in [0.15, 0.2) is 18.2 Å². The van der Waals surface area contributed by atoms with Crippen LogP contribution in [0.5, 0.6) is 0 Å². The Kier molecular flexibility index (Phi) is 12.3. The Labute approximate surface area is 157 Å². The lowest BCUT2D eigenvalue weighted by atomic mass is 10.1. The van der Waals surface area contributed by atoms with Crippen molar-refractivity contribution in [1.82, 2.24) is 0 Å². The highest BCUT2D eigenvalue weighted by molar-refractivity contribution is 5.58. The molecular weight excluding hydrogens is 304 g/mol. The molecule has 0 saturated carbocycles. The van der Waals surface area contributed by atoms with Crippen LogP contribution in [0.25, 0.3) is 0 Å². The van der Waals surface area contributed by atoms with Crippen LogP contribution in [-0.4, -0.2) is 13.1 Å². The number of hydrogen-bond acceptors (Lipinski definition) is 2. The highest BCUT2D eigenvalue weighted by Gasteiger charge is 2.07. The van der Waals surface area contributed by atoms with Gasteiger partial charge in [-0.2, -0.15) is 0 Å². The summed E-state index contributed by atoms with van der Waals surface area (Å²) in [6.45, 7) is 9.05. The first kappa shape index (κ1) is 21.9. The van der Waals surface area contributed by atoms with Gasteiger partial charge < -0.3 is 10.6 Å². The minimum absolute atomic E-state index is 0.905. The first-order valence-electron chi connectivity index (χ1n) is 10.8. The van der Waals surface area contributed by atoms with E-state index in [1.54, 1.807) is 0 Å². The van der Waals surface area contributed by atoms with Crippen molar-refractivity contribution in [3.05, 3.63) is 23.8 Å². The molecular formula is C23H42N2. The highest BCUT2D eigenvalue weighted by Crippen LogP contribution is 2.22. The second-order valence-corrected chi connectivity index (χ2v) is 7.56. The minimum Gasteiger partial charge on any atom is -0.399 e. The van der Waals surface area contributed by atoms with E-state index in [2.05, 4.69) is 43.9 Å². The van der Waals surface area contributed by atoms with Crippen molar-refractivity contribution in [1.29, 1.82) is 0 Å². The number of unbranched alkanes of at least 4 members (excludes halogenated alkanes) is 10. The van der Waals surface area contributed by atoms with E-state index < -0.39 is 0 Å². The van der Waals surface area contributed by atoms with Crippen molar-refractivity contribution in [2.45, 2.75) is 97.8 Å². The SMILES string of the molecule is CCCCCCCCN(CCCCCCCC)c1ccc(N)c(C)c1. The standard InChI is InChI=1S/C23H42N2/c1-4-6-8-10-12-14-18-25(19-15-13-11-9-7-5-2)22-16-17-23(24)21(3)20-22/h16-17,20H,4-15,18-19,24H2,1-3H3. The van der Waals surface area contributed by atoms with Gasteiger partial charge >= 0.3 is 0 Å². The van der Waals surface area contributed by atoms with Crippen LogP contribution in [0.1, 0.15) is 96.5 Å². The van der Waals surface area contributed by atoms with Gasteiger partial charge in [0.15, 0.2) is 0 Å². The van der Waals surface area contributed by atoms with Crippen LogP contribution in [0.4, 0.5) is 11.4 Å². The molecule has 25 heavy (non-hydrogen) atoms. The van der Waals surface area contributed by atoms with E-state index in [-0.39, 0.29) is 0 Å². The topological polar surface area (TPSA) is 29.3 Å². The molecule has 0 unspecified atom stereocenters. The van der Waals surface area contributed by atoms with E-state index in [0.29, 0.717) is 0 Å². The maximum absolute atomic E-state index is 6.01. The molecule has 0 radical (unpaired) electrons. The lowest BCUT2D eigenvalue weighted by Gasteiger charge is -2.26. The zero-order chi connectivity index (χ0) is 18.3. The second kappa shape index (κ2) is 14.0. The Balaban J connectivity index is 2.44.